The number of nitrogens with one attached hydrogen (secondary N) is 1. The summed E-state index contributed by atoms with van der Waals surface area (Å²) in [5, 5.41) is 23.4. The first-order chi connectivity index (χ1) is 8.34. The molecule has 0 bridgehead atoms. The minimum Gasteiger partial charge on any atom is -0.387 e. The lowest BCUT2D eigenvalue weighted by atomic mass is 10.1. The van der Waals surface area contributed by atoms with E-state index in [1.807, 2.05) is 6.26 Å². The molecule has 0 aliphatic heterocycles. The van der Waals surface area contributed by atoms with Gasteiger partial charge in [-0.05, 0) is 13.2 Å². The molecule has 1 rings (SSSR count). The van der Waals surface area contributed by atoms with Crippen molar-refractivity contribution in [3.8, 4) is 0 Å². The van der Waals surface area contributed by atoms with Gasteiger partial charge < -0.3 is 16.2 Å². The number of hydrogen-bond donors (Lipinski definition) is 3. The number of aliphatic hydroxyl groups is 1. The van der Waals surface area contributed by atoms with Gasteiger partial charge >= 0.3 is 0 Å². The van der Waals surface area contributed by atoms with Crippen LogP contribution in [0.25, 0.3) is 0 Å². The fraction of sp³-hybridized carbons (Fsp3) is 0.500. The van der Waals surface area contributed by atoms with E-state index in [1.54, 1.807) is 6.92 Å². The van der Waals surface area contributed by atoms with Crippen LogP contribution in [0.15, 0.2) is 12.1 Å². The fourth-order valence-corrected chi connectivity index (χ4v) is 2.10. The quantitative estimate of drug-likeness (QED) is 0.524. The molecule has 1 unspecified atom stereocenters. The highest BCUT2D eigenvalue weighted by atomic mass is 32.2. The Kier molecular flexibility index (Phi) is 4.74. The predicted molar refractivity (Wildman–Crippen MR) is 72.8 cm³/mol. The van der Waals surface area contributed by atoms with E-state index in [2.05, 4.69) is 10.3 Å². The van der Waals surface area contributed by atoms with Gasteiger partial charge in [-0.25, -0.2) is 4.98 Å². The van der Waals surface area contributed by atoms with Crippen molar-refractivity contribution in [2.45, 2.75) is 12.5 Å². The first-order valence-corrected chi connectivity index (χ1v) is 6.60. The van der Waals surface area contributed by atoms with Crippen molar-refractivity contribution < 1.29 is 10.0 Å². The summed E-state index contributed by atoms with van der Waals surface area (Å²) < 4.78 is 0. The van der Waals surface area contributed by atoms with Crippen LogP contribution in [-0.4, -0.2) is 39.2 Å². The molecule has 100 valence electrons. The summed E-state index contributed by atoms with van der Waals surface area (Å²) in [6.07, 6.45) is 1.89. The molecular formula is C10H16N4O3S. The first kappa shape index (κ1) is 14.5. The average molecular weight is 272 g/mol. The van der Waals surface area contributed by atoms with Gasteiger partial charge in [-0.2, -0.15) is 11.8 Å². The third-order valence-corrected chi connectivity index (χ3v) is 3.06. The molecule has 0 aromatic carbocycles. The van der Waals surface area contributed by atoms with Gasteiger partial charge in [0.25, 0.3) is 5.69 Å². The summed E-state index contributed by atoms with van der Waals surface area (Å²) in [4.78, 5) is 14.0. The molecule has 1 heterocycles. The van der Waals surface area contributed by atoms with Crippen molar-refractivity contribution in [1.82, 2.24) is 4.98 Å². The van der Waals surface area contributed by atoms with E-state index in [4.69, 9.17) is 5.73 Å². The molecule has 1 atom stereocenters. The summed E-state index contributed by atoms with van der Waals surface area (Å²) in [5.74, 6) is 0.893. The van der Waals surface area contributed by atoms with Crippen LogP contribution in [0.5, 0.6) is 0 Å². The van der Waals surface area contributed by atoms with Crippen LogP contribution in [0, 0.1) is 10.1 Å². The summed E-state index contributed by atoms with van der Waals surface area (Å²) in [5.41, 5.74) is 4.43. The monoisotopic (exact) mass is 272 g/mol. The number of nitro groups is 1. The van der Waals surface area contributed by atoms with Crippen LogP contribution in [-0.2, 0) is 0 Å². The Morgan fingerprint density at radius 3 is 2.89 bits per heavy atom. The molecule has 0 radical (unpaired) electrons. The van der Waals surface area contributed by atoms with Gasteiger partial charge in [-0.1, -0.05) is 0 Å². The SMILES string of the molecule is CSCC(C)(O)CNc1cc([N+](=O)[O-])cc(N)n1. The smallest absolute Gasteiger partial charge is 0.276 e. The molecule has 0 aliphatic rings. The molecule has 0 spiro atoms. The second-order valence-electron chi connectivity index (χ2n) is 4.18. The number of anilines is 2. The van der Waals surface area contributed by atoms with E-state index in [0.29, 0.717) is 5.75 Å². The van der Waals surface area contributed by atoms with E-state index in [1.165, 1.54) is 23.9 Å². The third kappa shape index (κ3) is 4.38. The van der Waals surface area contributed by atoms with Crippen LogP contribution in [0.3, 0.4) is 0 Å². The lowest BCUT2D eigenvalue weighted by molar-refractivity contribution is -0.384. The van der Waals surface area contributed by atoms with Crippen LogP contribution < -0.4 is 11.1 Å². The second-order valence-corrected chi connectivity index (χ2v) is 5.04. The highest BCUT2D eigenvalue weighted by Crippen LogP contribution is 2.19. The third-order valence-electron chi connectivity index (χ3n) is 2.15. The largest absolute Gasteiger partial charge is 0.387 e. The van der Waals surface area contributed by atoms with Crippen LogP contribution in [0.1, 0.15) is 6.92 Å². The summed E-state index contributed by atoms with van der Waals surface area (Å²) in [6.45, 7) is 1.92. The molecule has 0 fully saturated rings. The van der Waals surface area contributed by atoms with Crippen molar-refractivity contribution in [3.63, 3.8) is 0 Å². The van der Waals surface area contributed by atoms with Gasteiger partial charge in [0.1, 0.15) is 11.6 Å². The summed E-state index contributed by atoms with van der Waals surface area (Å²) in [6, 6.07) is 2.47. The van der Waals surface area contributed by atoms with Crippen molar-refractivity contribution in [2.24, 2.45) is 0 Å². The Hall–Kier alpha value is -1.54. The number of nitrogens with two attached hydrogens (primary N) is 1. The Morgan fingerprint density at radius 2 is 2.33 bits per heavy atom. The Bertz CT molecular complexity index is 439. The number of pyridine rings is 1. The lowest BCUT2D eigenvalue weighted by Gasteiger charge is -2.22. The van der Waals surface area contributed by atoms with Gasteiger partial charge in [0, 0.05) is 12.3 Å². The first-order valence-electron chi connectivity index (χ1n) is 5.21. The maximum Gasteiger partial charge on any atom is 0.276 e. The average Bonchev–Trinajstić information content (AvgIpc) is 2.26. The molecule has 1 aromatic rings. The maximum absolute atomic E-state index is 10.7. The number of rotatable bonds is 6. The molecule has 0 amide bonds. The molecule has 7 nitrogen and oxygen atoms in total. The van der Waals surface area contributed by atoms with E-state index < -0.39 is 10.5 Å². The van der Waals surface area contributed by atoms with Crippen LogP contribution in [0.4, 0.5) is 17.3 Å². The van der Waals surface area contributed by atoms with Crippen molar-refractivity contribution >= 4 is 29.1 Å². The molecule has 0 aliphatic carbocycles. The normalized spacial score (nSPS) is 13.9. The fourth-order valence-electron chi connectivity index (χ4n) is 1.38. The molecular weight excluding hydrogens is 256 g/mol. The Balaban J connectivity index is 2.76. The van der Waals surface area contributed by atoms with Crippen LogP contribution >= 0.6 is 11.8 Å². The van der Waals surface area contributed by atoms with Crippen molar-refractivity contribution in [3.05, 3.63) is 22.2 Å². The maximum atomic E-state index is 10.7. The molecule has 4 N–H and O–H groups in total. The number of hydrogen-bond acceptors (Lipinski definition) is 7. The standard InChI is InChI=1S/C10H16N4O3S/c1-10(15,6-18-2)5-12-9-4-7(14(16)17)3-8(11)13-9/h3-4,15H,5-6H2,1-2H3,(H3,11,12,13). The topological polar surface area (TPSA) is 114 Å². The highest BCUT2D eigenvalue weighted by molar-refractivity contribution is 7.98. The van der Waals surface area contributed by atoms with Gasteiger partial charge in [-0.3, -0.25) is 10.1 Å². The van der Waals surface area contributed by atoms with Crippen molar-refractivity contribution in [1.29, 1.82) is 0 Å². The van der Waals surface area contributed by atoms with E-state index in [9.17, 15) is 15.2 Å². The minimum absolute atomic E-state index is 0.0659. The van der Waals surface area contributed by atoms with Gasteiger partial charge in [-0.15, -0.1) is 0 Å². The van der Waals surface area contributed by atoms with Crippen molar-refractivity contribution in [2.75, 3.05) is 29.6 Å². The Morgan fingerprint density at radius 1 is 1.67 bits per heavy atom. The van der Waals surface area contributed by atoms with E-state index >= 15 is 0 Å². The zero-order chi connectivity index (χ0) is 13.8. The molecule has 18 heavy (non-hydrogen) atoms. The zero-order valence-electron chi connectivity index (χ0n) is 10.2. The van der Waals surface area contributed by atoms with Gasteiger partial charge in [0.05, 0.1) is 22.7 Å². The van der Waals surface area contributed by atoms with Crippen LogP contribution in [0.2, 0.25) is 0 Å². The predicted octanol–water partition coefficient (Wildman–Crippen LogP) is 1.10. The molecule has 1 aromatic heterocycles. The summed E-state index contributed by atoms with van der Waals surface area (Å²) in [7, 11) is 0. The highest BCUT2D eigenvalue weighted by Gasteiger charge is 2.20. The second kappa shape index (κ2) is 5.87. The van der Waals surface area contributed by atoms with E-state index in [-0.39, 0.29) is 23.9 Å². The summed E-state index contributed by atoms with van der Waals surface area (Å²) >= 11 is 1.51. The Labute approximate surface area is 109 Å². The zero-order valence-corrected chi connectivity index (χ0v) is 11.0. The van der Waals surface area contributed by atoms with Gasteiger partial charge in [0.15, 0.2) is 0 Å². The minimum atomic E-state index is -0.916. The number of thioether (sulfide) groups is 1. The molecule has 0 saturated carbocycles. The van der Waals surface area contributed by atoms with E-state index in [0.717, 1.165) is 0 Å². The lowest BCUT2D eigenvalue weighted by Crippen LogP contribution is -2.36. The number of nitrogen functional groups attached to an aromatic ring is 1. The number of aromatic nitrogens is 1. The van der Waals surface area contributed by atoms with Gasteiger partial charge in [0.2, 0.25) is 0 Å². The molecule has 0 saturated heterocycles. The number of nitrogens with zero attached hydrogens (tertiary/aromatic N) is 2. The molecule has 8 heteroatoms.